The van der Waals surface area contributed by atoms with Gasteiger partial charge in [-0.3, -0.25) is 4.79 Å². The average molecular weight is 317 g/mol. The van der Waals surface area contributed by atoms with Crippen molar-refractivity contribution in [2.75, 3.05) is 0 Å². The van der Waals surface area contributed by atoms with Crippen LogP contribution in [0.2, 0.25) is 0 Å². The molecule has 1 aromatic carbocycles. The predicted molar refractivity (Wildman–Crippen MR) is 90.4 cm³/mol. The Bertz CT molecular complexity index is 582. The van der Waals surface area contributed by atoms with E-state index in [0.717, 1.165) is 30.4 Å². The lowest BCUT2D eigenvalue weighted by Gasteiger charge is -2.30. The van der Waals surface area contributed by atoms with Gasteiger partial charge in [0.2, 0.25) is 0 Å². The van der Waals surface area contributed by atoms with E-state index in [4.69, 9.17) is 4.74 Å². The van der Waals surface area contributed by atoms with E-state index >= 15 is 0 Å². The number of nitrogens with one attached hydrogen (secondary N) is 1. The van der Waals surface area contributed by atoms with Crippen LogP contribution >= 0.6 is 0 Å². The first-order chi connectivity index (χ1) is 10.9. The molecule has 0 spiro atoms. The zero-order valence-corrected chi connectivity index (χ0v) is 14.5. The fraction of sp³-hybridized carbons (Fsp3) is 0.579. The van der Waals surface area contributed by atoms with Crippen LogP contribution in [0.1, 0.15) is 61.0 Å². The van der Waals surface area contributed by atoms with Gasteiger partial charge in [0.05, 0.1) is 5.56 Å². The molecule has 1 saturated carbocycles. The molecule has 0 saturated heterocycles. The van der Waals surface area contributed by atoms with E-state index in [-0.39, 0.29) is 11.9 Å². The van der Waals surface area contributed by atoms with Crippen molar-refractivity contribution in [1.82, 2.24) is 5.32 Å². The monoisotopic (exact) mass is 317 g/mol. The minimum atomic E-state index is -0.781. The second kappa shape index (κ2) is 7.62. The van der Waals surface area contributed by atoms with Crippen molar-refractivity contribution in [3.05, 3.63) is 34.9 Å². The summed E-state index contributed by atoms with van der Waals surface area (Å²) in [6, 6.07) is 5.83. The summed E-state index contributed by atoms with van der Waals surface area (Å²) in [4.78, 5) is 24.6. The Kier molecular flexibility index (Phi) is 5.80. The second-order valence-electron chi connectivity index (χ2n) is 6.74. The maximum Gasteiger partial charge on any atom is 0.339 e. The average Bonchev–Trinajstić information content (AvgIpc) is 2.51. The molecule has 0 radical (unpaired) electrons. The molecule has 1 fully saturated rings. The summed E-state index contributed by atoms with van der Waals surface area (Å²) in [5.74, 6) is -0.164. The molecular formula is C19H27NO3. The summed E-state index contributed by atoms with van der Waals surface area (Å²) >= 11 is 0. The van der Waals surface area contributed by atoms with Crippen LogP contribution in [0.25, 0.3) is 0 Å². The summed E-state index contributed by atoms with van der Waals surface area (Å²) in [5, 5.41) is 3.04. The van der Waals surface area contributed by atoms with Gasteiger partial charge >= 0.3 is 5.97 Å². The topological polar surface area (TPSA) is 55.4 Å². The van der Waals surface area contributed by atoms with Crippen LogP contribution in [-0.2, 0) is 9.53 Å². The third-order valence-electron chi connectivity index (χ3n) is 4.71. The first-order valence-electron chi connectivity index (χ1n) is 8.47. The molecule has 0 aliphatic heterocycles. The van der Waals surface area contributed by atoms with Gasteiger partial charge in [-0.05, 0) is 51.2 Å². The molecule has 0 heterocycles. The molecule has 1 aromatic rings. The molecule has 0 bridgehead atoms. The maximum atomic E-state index is 12.3. The van der Waals surface area contributed by atoms with Crippen LogP contribution in [0, 0.1) is 19.8 Å². The normalized spacial score (nSPS) is 22.3. The zero-order valence-electron chi connectivity index (χ0n) is 14.5. The van der Waals surface area contributed by atoms with Crippen molar-refractivity contribution < 1.29 is 14.3 Å². The van der Waals surface area contributed by atoms with Crippen molar-refractivity contribution in [1.29, 1.82) is 0 Å². The highest BCUT2D eigenvalue weighted by molar-refractivity contribution is 5.93. The number of hydrogen-bond donors (Lipinski definition) is 1. The number of esters is 1. The summed E-state index contributed by atoms with van der Waals surface area (Å²) in [7, 11) is 0. The minimum absolute atomic E-state index is 0.193. The summed E-state index contributed by atoms with van der Waals surface area (Å²) in [6.07, 6.45) is 3.74. The van der Waals surface area contributed by atoms with Crippen LogP contribution in [0.15, 0.2) is 18.2 Å². The van der Waals surface area contributed by atoms with Crippen molar-refractivity contribution in [2.24, 2.45) is 5.92 Å². The molecule has 4 nitrogen and oxygen atoms in total. The molecule has 4 heteroatoms. The van der Waals surface area contributed by atoms with E-state index in [1.807, 2.05) is 26.0 Å². The standard InChI is InChI=1S/C19H27NO3/c1-12-9-10-13(2)16(11-12)19(22)23-15(4)18(21)20-17-8-6-5-7-14(17)3/h9-11,14-15,17H,5-8H2,1-4H3,(H,20,21)/t14-,15-,17+/m0/s1. The van der Waals surface area contributed by atoms with Gasteiger partial charge in [-0.15, -0.1) is 0 Å². The number of carbonyl (C=O) groups is 2. The van der Waals surface area contributed by atoms with Gasteiger partial charge in [-0.1, -0.05) is 37.5 Å². The number of amides is 1. The summed E-state index contributed by atoms with van der Waals surface area (Å²) in [6.45, 7) is 7.59. The van der Waals surface area contributed by atoms with Crippen LogP contribution in [0.4, 0.5) is 0 Å². The van der Waals surface area contributed by atoms with Crippen LogP contribution < -0.4 is 5.32 Å². The van der Waals surface area contributed by atoms with E-state index in [1.54, 1.807) is 13.0 Å². The molecule has 1 aliphatic carbocycles. The van der Waals surface area contributed by atoms with E-state index < -0.39 is 12.1 Å². The third-order valence-corrected chi connectivity index (χ3v) is 4.71. The highest BCUT2D eigenvalue weighted by Gasteiger charge is 2.26. The molecule has 3 atom stereocenters. The molecule has 0 aromatic heterocycles. The molecule has 1 aliphatic rings. The molecule has 2 rings (SSSR count). The Morgan fingerprint density at radius 2 is 1.91 bits per heavy atom. The fourth-order valence-electron chi connectivity index (χ4n) is 3.06. The number of rotatable bonds is 4. The Morgan fingerprint density at radius 1 is 1.22 bits per heavy atom. The van der Waals surface area contributed by atoms with Crippen molar-refractivity contribution in [3.8, 4) is 0 Å². The predicted octanol–water partition coefficient (Wildman–Crippen LogP) is 3.54. The maximum absolute atomic E-state index is 12.3. The first-order valence-corrected chi connectivity index (χ1v) is 8.47. The largest absolute Gasteiger partial charge is 0.449 e. The van der Waals surface area contributed by atoms with Crippen LogP contribution in [0.5, 0.6) is 0 Å². The SMILES string of the molecule is Cc1ccc(C)c(C(=O)O[C@@H](C)C(=O)N[C@@H]2CCCC[C@@H]2C)c1. The fourth-order valence-corrected chi connectivity index (χ4v) is 3.06. The highest BCUT2D eigenvalue weighted by atomic mass is 16.5. The van der Waals surface area contributed by atoms with Gasteiger partial charge in [0.15, 0.2) is 6.10 Å². The number of benzene rings is 1. The Morgan fingerprint density at radius 3 is 2.61 bits per heavy atom. The summed E-state index contributed by atoms with van der Waals surface area (Å²) < 4.78 is 5.36. The van der Waals surface area contributed by atoms with Gasteiger partial charge < -0.3 is 10.1 Å². The van der Waals surface area contributed by atoms with Gasteiger partial charge in [0.1, 0.15) is 0 Å². The molecular weight excluding hydrogens is 290 g/mol. The quantitative estimate of drug-likeness (QED) is 0.864. The Labute approximate surface area is 138 Å². The summed E-state index contributed by atoms with van der Waals surface area (Å²) in [5.41, 5.74) is 2.38. The van der Waals surface area contributed by atoms with Crippen molar-refractivity contribution in [2.45, 2.75) is 65.5 Å². The number of ether oxygens (including phenoxy) is 1. The van der Waals surface area contributed by atoms with Crippen LogP contribution in [0.3, 0.4) is 0 Å². The Balaban J connectivity index is 1.94. The lowest BCUT2D eigenvalue weighted by atomic mass is 9.86. The lowest BCUT2D eigenvalue weighted by molar-refractivity contribution is -0.130. The Hall–Kier alpha value is -1.84. The lowest BCUT2D eigenvalue weighted by Crippen LogP contribution is -2.46. The first kappa shape index (κ1) is 17.5. The molecule has 23 heavy (non-hydrogen) atoms. The van der Waals surface area contributed by atoms with Gasteiger partial charge in [0.25, 0.3) is 5.91 Å². The molecule has 0 unspecified atom stereocenters. The van der Waals surface area contributed by atoms with Gasteiger partial charge in [0, 0.05) is 6.04 Å². The van der Waals surface area contributed by atoms with Crippen molar-refractivity contribution in [3.63, 3.8) is 0 Å². The second-order valence-corrected chi connectivity index (χ2v) is 6.74. The van der Waals surface area contributed by atoms with E-state index in [1.165, 1.54) is 6.42 Å². The van der Waals surface area contributed by atoms with Crippen molar-refractivity contribution >= 4 is 11.9 Å². The molecule has 126 valence electrons. The van der Waals surface area contributed by atoms with E-state index in [0.29, 0.717) is 11.5 Å². The number of hydrogen-bond acceptors (Lipinski definition) is 3. The highest BCUT2D eigenvalue weighted by Crippen LogP contribution is 2.23. The van der Waals surface area contributed by atoms with E-state index in [2.05, 4.69) is 12.2 Å². The van der Waals surface area contributed by atoms with Gasteiger partial charge in [-0.2, -0.15) is 0 Å². The molecule has 1 amide bonds. The minimum Gasteiger partial charge on any atom is -0.449 e. The van der Waals surface area contributed by atoms with Gasteiger partial charge in [-0.25, -0.2) is 4.79 Å². The number of carbonyl (C=O) groups excluding carboxylic acids is 2. The smallest absolute Gasteiger partial charge is 0.339 e. The molecule has 1 N–H and O–H groups in total. The number of aryl methyl sites for hydroxylation is 2. The van der Waals surface area contributed by atoms with Crippen LogP contribution in [-0.4, -0.2) is 24.0 Å². The zero-order chi connectivity index (χ0) is 17.0. The third kappa shape index (κ3) is 4.57. The van der Waals surface area contributed by atoms with E-state index in [9.17, 15) is 9.59 Å².